The summed E-state index contributed by atoms with van der Waals surface area (Å²) in [6, 6.07) is 14.3. The van der Waals surface area contributed by atoms with Gasteiger partial charge >= 0.3 is 0 Å². The molecule has 0 bridgehead atoms. The van der Waals surface area contributed by atoms with Crippen molar-refractivity contribution in [2.24, 2.45) is 5.92 Å². The summed E-state index contributed by atoms with van der Waals surface area (Å²) in [5.41, 5.74) is 0.969. The molecule has 0 aliphatic heterocycles. The molecular weight excluding hydrogens is 424 g/mol. The van der Waals surface area contributed by atoms with Gasteiger partial charge in [-0.05, 0) is 41.8 Å². The average molecular weight is 444 g/mol. The summed E-state index contributed by atoms with van der Waals surface area (Å²) in [6.07, 6.45) is 1.48. The Kier molecular flexibility index (Phi) is 7.52. The Morgan fingerprint density at radius 3 is 2.14 bits per heavy atom. The number of carboxylic acid groups (broad SMARTS) is 1. The van der Waals surface area contributed by atoms with Gasteiger partial charge in [0.05, 0.1) is 12.0 Å². The van der Waals surface area contributed by atoms with E-state index in [0.717, 1.165) is 4.47 Å². The van der Waals surface area contributed by atoms with Gasteiger partial charge in [0.2, 0.25) is 0 Å². The summed E-state index contributed by atoms with van der Waals surface area (Å²) in [4.78, 5) is 36.5. The summed E-state index contributed by atoms with van der Waals surface area (Å²) in [6.45, 7) is 3.31. The first-order valence-electron chi connectivity index (χ1n) is 8.63. The van der Waals surface area contributed by atoms with Crippen LogP contribution in [0.5, 0.6) is 0 Å². The Morgan fingerprint density at radius 2 is 1.61 bits per heavy atom. The van der Waals surface area contributed by atoms with Crippen molar-refractivity contribution in [3.05, 3.63) is 75.9 Å². The zero-order chi connectivity index (χ0) is 20.7. The molecule has 28 heavy (non-hydrogen) atoms. The van der Waals surface area contributed by atoms with E-state index in [0.29, 0.717) is 11.1 Å². The maximum atomic E-state index is 12.7. The number of halogens is 1. The van der Waals surface area contributed by atoms with Gasteiger partial charge in [0.15, 0.2) is 0 Å². The summed E-state index contributed by atoms with van der Waals surface area (Å²) in [5, 5.41) is 16.3. The third-order valence-electron chi connectivity index (χ3n) is 3.92. The Labute approximate surface area is 171 Å². The lowest BCUT2D eigenvalue weighted by Gasteiger charge is -2.24. The van der Waals surface area contributed by atoms with Crippen LogP contribution in [0.3, 0.4) is 0 Å². The molecule has 0 radical (unpaired) electrons. The fraction of sp³-hybridized carbons (Fsp3) is 0.190. The number of hydrogen-bond donors (Lipinski definition) is 2. The molecule has 0 aromatic heterocycles. The van der Waals surface area contributed by atoms with Gasteiger partial charge in [-0.2, -0.15) is 0 Å². The first-order valence-corrected chi connectivity index (χ1v) is 9.42. The number of rotatable bonds is 7. The van der Waals surface area contributed by atoms with Gasteiger partial charge in [-0.25, -0.2) is 0 Å². The van der Waals surface area contributed by atoms with Crippen molar-refractivity contribution in [1.82, 2.24) is 10.6 Å². The molecule has 0 saturated heterocycles. The second kappa shape index (κ2) is 9.85. The highest BCUT2D eigenvalue weighted by atomic mass is 79.9. The zero-order valence-corrected chi connectivity index (χ0v) is 17.0. The van der Waals surface area contributed by atoms with Crippen LogP contribution < -0.4 is 15.7 Å². The van der Waals surface area contributed by atoms with Crippen LogP contribution in [0.4, 0.5) is 0 Å². The minimum Gasteiger partial charge on any atom is -0.548 e. The van der Waals surface area contributed by atoms with E-state index in [1.807, 2.05) is 0 Å². The fourth-order valence-electron chi connectivity index (χ4n) is 2.38. The lowest BCUT2D eigenvalue weighted by atomic mass is 10.0. The van der Waals surface area contributed by atoms with E-state index < -0.39 is 23.8 Å². The van der Waals surface area contributed by atoms with Crippen LogP contribution >= 0.6 is 15.9 Å². The lowest BCUT2D eigenvalue weighted by Crippen LogP contribution is -2.52. The normalized spacial score (nSPS) is 12.4. The Morgan fingerprint density at radius 1 is 1.00 bits per heavy atom. The molecule has 2 aromatic carbocycles. The second-order valence-corrected chi connectivity index (χ2v) is 7.36. The third-order valence-corrected chi connectivity index (χ3v) is 4.45. The summed E-state index contributed by atoms with van der Waals surface area (Å²) < 4.78 is 0.862. The fourth-order valence-corrected chi connectivity index (χ4v) is 2.65. The molecule has 0 saturated carbocycles. The summed E-state index contributed by atoms with van der Waals surface area (Å²) in [5.74, 6) is -2.96. The first-order chi connectivity index (χ1) is 13.3. The molecule has 2 amide bonds. The molecule has 0 aliphatic carbocycles. The van der Waals surface area contributed by atoms with E-state index in [4.69, 9.17) is 0 Å². The average Bonchev–Trinajstić information content (AvgIpc) is 2.67. The lowest BCUT2D eigenvalue weighted by molar-refractivity contribution is -0.309. The molecule has 7 heteroatoms. The number of amides is 2. The van der Waals surface area contributed by atoms with E-state index in [9.17, 15) is 19.5 Å². The quantitative estimate of drug-likeness (QED) is 0.640. The van der Waals surface area contributed by atoms with Gasteiger partial charge in [-0.15, -0.1) is 0 Å². The van der Waals surface area contributed by atoms with Crippen molar-refractivity contribution in [2.75, 3.05) is 0 Å². The Balaban J connectivity index is 2.32. The molecule has 2 aromatic rings. The van der Waals surface area contributed by atoms with Crippen molar-refractivity contribution < 1.29 is 19.5 Å². The van der Waals surface area contributed by atoms with E-state index in [2.05, 4.69) is 26.6 Å². The highest BCUT2D eigenvalue weighted by molar-refractivity contribution is 9.10. The molecule has 2 rings (SSSR count). The highest BCUT2D eigenvalue weighted by Gasteiger charge is 2.21. The van der Waals surface area contributed by atoms with Crippen LogP contribution in [0.2, 0.25) is 0 Å². The molecule has 146 valence electrons. The molecule has 0 spiro atoms. The first kappa shape index (κ1) is 21.4. The smallest absolute Gasteiger partial charge is 0.268 e. The molecule has 2 N–H and O–H groups in total. The molecule has 0 unspecified atom stereocenters. The standard InChI is InChI=1S/C21H21BrN2O4/c1-13(2)18(21(27)28)24-20(26)17(12-14-8-10-16(22)11-9-14)23-19(25)15-6-4-3-5-7-15/h3-13,18H,1-2H3,(H,23,25)(H,24,26)(H,27,28)/p-1/b17-12-/t18-/m0/s1. The summed E-state index contributed by atoms with van der Waals surface area (Å²) in [7, 11) is 0. The predicted molar refractivity (Wildman–Crippen MR) is 108 cm³/mol. The number of hydrogen-bond acceptors (Lipinski definition) is 4. The van der Waals surface area contributed by atoms with Crippen molar-refractivity contribution in [3.63, 3.8) is 0 Å². The number of nitrogens with one attached hydrogen (secondary N) is 2. The molecular formula is C21H20BrN2O4-. The topological polar surface area (TPSA) is 98.3 Å². The number of aliphatic carboxylic acids is 1. The van der Waals surface area contributed by atoms with Crippen molar-refractivity contribution >= 4 is 39.8 Å². The van der Waals surface area contributed by atoms with Gasteiger partial charge in [-0.1, -0.05) is 60.1 Å². The van der Waals surface area contributed by atoms with E-state index in [1.54, 1.807) is 68.4 Å². The van der Waals surface area contributed by atoms with Crippen molar-refractivity contribution in [3.8, 4) is 0 Å². The van der Waals surface area contributed by atoms with Crippen LogP contribution in [-0.4, -0.2) is 23.8 Å². The summed E-state index contributed by atoms with van der Waals surface area (Å²) >= 11 is 3.33. The molecule has 6 nitrogen and oxygen atoms in total. The molecule has 0 aliphatic rings. The maximum absolute atomic E-state index is 12.7. The van der Waals surface area contributed by atoms with Crippen LogP contribution in [0, 0.1) is 5.92 Å². The van der Waals surface area contributed by atoms with E-state index in [1.165, 1.54) is 6.08 Å². The van der Waals surface area contributed by atoms with Crippen LogP contribution in [0.1, 0.15) is 29.8 Å². The third kappa shape index (κ3) is 6.06. The van der Waals surface area contributed by atoms with Crippen LogP contribution in [0.25, 0.3) is 6.08 Å². The maximum Gasteiger partial charge on any atom is 0.268 e. The minimum atomic E-state index is -1.39. The molecule has 0 heterocycles. The van der Waals surface area contributed by atoms with Crippen LogP contribution in [-0.2, 0) is 9.59 Å². The largest absolute Gasteiger partial charge is 0.548 e. The van der Waals surface area contributed by atoms with Gasteiger partial charge in [-0.3, -0.25) is 9.59 Å². The van der Waals surface area contributed by atoms with Gasteiger partial charge in [0.25, 0.3) is 11.8 Å². The predicted octanol–water partition coefficient (Wildman–Crippen LogP) is 2.11. The Bertz CT molecular complexity index is 877. The van der Waals surface area contributed by atoms with E-state index in [-0.39, 0.29) is 11.6 Å². The number of carboxylic acids is 1. The Hall–Kier alpha value is -2.93. The molecule has 1 atom stereocenters. The zero-order valence-electron chi connectivity index (χ0n) is 15.4. The number of carbonyl (C=O) groups is 3. The highest BCUT2D eigenvalue weighted by Crippen LogP contribution is 2.13. The van der Waals surface area contributed by atoms with Gasteiger partial charge in [0.1, 0.15) is 5.70 Å². The number of benzene rings is 2. The van der Waals surface area contributed by atoms with E-state index >= 15 is 0 Å². The molecule has 0 fully saturated rings. The number of carbonyl (C=O) groups excluding carboxylic acids is 3. The van der Waals surface area contributed by atoms with Crippen molar-refractivity contribution in [1.29, 1.82) is 0 Å². The second-order valence-electron chi connectivity index (χ2n) is 6.44. The minimum absolute atomic E-state index is 0.0666. The van der Waals surface area contributed by atoms with Gasteiger partial charge in [0, 0.05) is 10.0 Å². The van der Waals surface area contributed by atoms with Crippen molar-refractivity contribution in [2.45, 2.75) is 19.9 Å². The monoisotopic (exact) mass is 443 g/mol. The van der Waals surface area contributed by atoms with Crippen LogP contribution in [0.15, 0.2) is 64.8 Å². The SMILES string of the molecule is CC(C)[C@H](NC(=O)/C(=C/c1ccc(Br)cc1)NC(=O)c1ccccc1)C(=O)[O-]. The van der Waals surface area contributed by atoms with Gasteiger partial charge < -0.3 is 20.5 Å².